The molecule has 0 saturated heterocycles. The summed E-state index contributed by atoms with van der Waals surface area (Å²) < 4.78 is 0. The largest absolute Gasteiger partial charge is 0.351 e. The van der Waals surface area contributed by atoms with Crippen molar-refractivity contribution in [1.82, 2.24) is 5.32 Å². The van der Waals surface area contributed by atoms with Crippen LogP contribution in [0.1, 0.15) is 31.7 Å². The molecule has 1 unspecified atom stereocenters. The molecule has 0 bridgehead atoms. The molecule has 0 aliphatic rings. The van der Waals surface area contributed by atoms with Crippen molar-refractivity contribution in [2.24, 2.45) is 5.73 Å². The third-order valence-electron chi connectivity index (χ3n) is 2.95. The van der Waals surface area contributed by atoms with E-state index in [2.05, 4.69) is 31.3 Å². The molecular formula is C15H25ClN2OS. The Labute approximate surface area is 132 Å². The van der Waals surface area contributed by atoms with Gasteiger partial charge in [-0.05, 0) is 25.5 Å². The Hall–Kier alpha value is -0.710. The van der Waals surface area contributed by atoms with Gasteiger partial charge in [-0.2, -0.15) is 0 Å². The van der Waals surface area contributed by atoms with Crippen molar-refractivity contribution in [3.63, 3.8) is 0 Å². The van der Waals surface area contributed by atoms with Gasteiger partial charge in [-0.3, -0.25) is 4.79 Å². The summed E-state index contributed by atoms with van der Waals surface area (Å²) in [7, 11) is 0. The summed E-state index contributed by atoms with van der Waals surface area (Å²) in [5.41, 5.74) is 6.90. The number of halogens is 1. The number of nitrogens with two attached hydrogens (primary N) is 1. The fourth-order valence-corrected chi connectivity index (χ4v) is 2.46. The van der Waals surface area contributed by atoms with Crippen LogP contribution in [-0.2, 0) is 4.79 Å². The molecule has 20 heavy (non-hydrogen) atoms. The van der Waals surface area contributed by atoms with E-state index in [9.17, 15) is 4.79 Å². The lowest BCUT2D eigenvalue weighted by Crippen LogP contribution is -2.41. The molecule has 5 heteroatoms. The SMILES string of the molecule is CCCCC(CN)NC(=O)CSc1ccc(C)cc1.Cl. The molecule has 0 aromatic heterocycles. The molecule has 0 fully saturated rings. The minimum Gasteiger partial charge on any atom is -0.351 e. The van der Waals surface area contributed by atoms with Crippen LogP contribution in [0.3, 0.4) is 0 Å². The van der Waals surface area contributed by atoms with Gasteiger partial charge in [-0.15, -0.1) is 24.2 Å². The Morgan fingerprint density at radius 2 is 2.00 bits per heavy atom. The topological polar surface area (TPSA) is 55.1 Å². The van der Waals surface area contributed by atoms with Crippen LogP contribution in [0, 0.1) is 6.92 Å². The zero-order valence-electron chi connectivity index (χ0n) is 12.2. The highest BCUT2D eigenvalue weighted by Gasteiger charge is 2.10. The van der Waals surface area contributed by atoms with Gasteiger partial charge in [0.2, 0.25) is 5.91 Å². The number of carbonyl (C=O) groups excluding carboxylic acids is 1. The van der Waals surface area contributed by atoms with Gasteiger partial charge in [-0.1, -0.05) is 37.5 Å². The lowest BCUT2D eigenvalue weighted by molar-refractivity contribution is -0.119. The third kappa shape index (κ3) is 7.78. The van der Waals surface area contributed by atoms with Crippen LogP contribution in [0.25, 0.3) is 0 Å². The first-order valence-electron chi connectivity index (χ1n) is 6.84. The van der Waals surface area contributed by atoms with E-state index in [0.29, 0.717) is 12.3 Å². The van der Waals surface area contributed by atoms with Gasteiger partial charge in [0.25, 0.3) is 0 Å². The number of carbonyl (C=O) groups is 1. The van der Waals surface area contributed by atoms with E-state index < -0.39 is 0 Å². The van der Waals surface area contributed by atoms with Crippen molar-refractivity contribution in [3.05, 3.63) is 29.8 Å². The standard InChI is InChI=1S/C15H24N2OS.ClH/c1-3-4-5-13(10-16)17-15(18)11-19-14-8-6-12(2)7-9-14;/h6-9,13H,3-5,10-11,16H2,1-2H3,(H,17,18);1H. The van der Waals surface area contributed by atoms with E-state index in [0.717, 1.165) is 24.2 Å². The molecule has 1 rings (SSSR count). The van der Waals surface area contributed by atoms with Crippen molar-refractivity contribution in [1.29, 1.82) is 0 Å². The van der Waals surface area contributed by atoms with Crippen molar-refractivity contribution >= 4 is 30.1 Å². The van der Waals surface area contributed by atoms with Gasteiger partial charge in [0.15, 0.2) is 0 Å². The van der Waals surface area contributed by atoms with Gasteiger partial charge in [0.1, 0.15) is 0 Å². The monoisotopic (exact) mass is 316 g/mol. The fraction of sp³-hybridized carbons (Fsp3) is 0.533. The number of aryl methyl sites for hydroxylation is 1. The van der Waals surface area contributed by atoms with Crippen LogP contribution in [0.2, 0.25) is 0 Å². The van der Waals surface area contributed by atoms with E-state index in [4.69, 9.17) is 5.73 Å². The summed E-state index contributed by atoms with van der Waals surface area (Å²) in [6.45, 7) is 4.71. The molecule has 0 aliphatic heterocycles. The van der Waals surface area contributed by atoms with Crippen LogP contribution in [0.15, 0.2) is 29.2 Å². The Bertz CT molecular complexity index is 384. The first-order valence-corrected chi connectivity index (χ1v) is 7.83. The van der Waals surface area contributed by atoms with Crippen LogP contribution in [0.4, 0.5) is 0 Å². The summed E-state index contributed by atoms with van der Waals surface area (Å²) in [4.78, 5) is 13.0. The lowest BCUT2D eigenvalue weighted by Gasteiger charge is -2.16. The van der Waals surface area contributed by atoms with Crippen LogP contribution in [0.5, 0.6) is 0 Å². The Balaban J connectivity index is 0.00000361. The molecule has 1 aromatic carbocycles. The van der Waals surface area contributed by atoms with Gasteiger partial charge in [0, 0.05) is 17.5 Å². The van der Waals surface area contributed by atoms with Crippen LogP contribution >= 0.6 is 24.2 Å². The van der Waals surface area contributed by atoms with Crippen molar-refractivity contribution in [2.75, 3.05) is 12.3 Å². The summed E-state index contributed by atoms with van der Waals surface area (Å²) in [6, 6.07) is 8.33. The average molecular weight is 317 g/mol. The molecule has 1 aromatic rings. The highest BCUT2D eigenvalue weighted by molar-refractivity contribution is 8.00. The molecule has 0 spiro atoms. The molecule has 1 amide bonds. The average Bonchev–Trinajstić information content (AvgIpc) is 2.42. The zero-order valence-corrected chi connectivity index (χ0v) is 13.9. The predicted molar refractivity (Wildman–Crippen MR) is 89.7 cm³/mol. The quantitative estimate of drug-likeness (QED) is 0.724. The molecule has 0 aliphatic carbocycles. The maximum atomic E-state index is 11.8. The zero-order chi connectivity index (χ0) is 14.1. The highest BCUT2D eigenvalue weighted by atomic mass is 35.5. The molecule has 0 radical (unpaired) electrons. The number of unbranched alkanes of at least 4 members (excludes halogenated alkanes) is 1. The number of rotatable bonds is 8. The minimum atomic E-state index is 0. The minimum absolute atomic E-state index is 0. The van der Waals surface area contributed by atoms with Crippen LogP contribution < -0.4 is 11.1 Å². The second-order valence-corrected chi connectivity index (χ2v) is 5.79. The molecule has 0 saturated carbocycles. The first kappa shape index (κ1) is 19.3. The fourth-order valence-electron chi connectivity index (χ4n) is 1.75. The van der Waals surface area contributed by atoms with Crippen molar-refractivity contribution in [2.45, 2.75) is 44.0 Å². The van der Waals surface area contributed by atoms with E-state index in [1.165, 1.54) is 5.56 Å². The van der Waals surface area contributed by atoms with Crippen molar-refractivity contribution < 1.29 is 4.79 Å². The van der Waals surface area contributed by atoms with E-state index >= 15 is 0 Å². The van der Waals surface area contributed by atoms with Crippen LogP contribution in [-0.4, -0.2) is 24.2 Å². The van der Waals surface area contributed by atoms with E-state index in [1.54, 1.807) is 11.8 Å². The number of benzene rings is 1. The Morgan fingerprint density at radius 3 is 2.55 bits per heavy atom. The van der Waals surface area contributed by atoms with E-state index in [-0.39, 0.29) is 24.4 Å². The van der Waals surface area contributed by atoms with Crippen molar-refractivity contribution in [3.8, 4) is 0 Å². The normalized spacial score (nSPS) is 11.6. The third-order valence-corrected chi connectivity index (χ3v) is 3.96. The number of hydrogen-bond donors (Lipinski definition) is 2. The Kier molecular flexibility index (Phi) is 10.6. The van der Waals surface area contributed by atoms with Gasteiger partial charge in [0.05, 0.1) is 5.75 Å². The first-order chi connectivity index (χ1) is 9.15. The number of amides is 1. The lowest BCUT2D eigenvalue weighted by atomic mass is 10.1. The second kappa shape index (κ2) is 11.0. The number of nitrogens with one attached hydrogen (secondary N) is 1. The molecule has 0 heterocycles. The maximum Gasteiger partial charge on any atom is 0.230 e. The molecule has 114 valence electrons. The molecule has 3 N–H and O–H groups in total. The summed E-state index contributed by atoms with van der Waals surface area (Å²) in [5.74, 6) is 0.517. The smallest absolute Gasteiger partial charge is 0.230 e. The maximum absolute atomic E-state index is 11.8. The summed E-state index contributed by atoms with van der Waals surface area (Å²) in [5, 5.41) is 3.00. The molecular weight excluding hydrogens is 292 g/mol. The van der Waals surface area contributed by atoms with Gasteiger partial charge >= 0.3 is 0 Å². The highest BCUT2D eigenvalue weighted by Crippen LogP contribution is 2.17. The second-order valence-electron chi connectivity index (χ2n) is 4.74. The summed E-state index contributed by atoms with van der Waals surface area (Å²) >= 11 is 1.56. The van der Waals surface area contributed by atoms with Gasteiger partial charge < -0.3 is 11.1 Å². The summed E-state index contributed by atoms with van der Waals surface area (Å²) in [6.07, 6.45) is 3.20. The number of thioether (sulfide) groups is 1. The number of hydrogen-bond acceptors (Lipinski definition) is 3. The molecule has 1 atom stereocenters. The van der Waals surface area contributed by atoms with E-state index in [1.807, 2.05) is 12.1 Å². The predicted octanol–water partition coefficient (Wildman–Crippen LogP) is 3.14. The Morgan fingerprint density at radius 1 is 1.35 bits per heavy atom. The molecule has 3 nitrogen and oxygen atoms in total. The van der Waals surface area contributed by atoms with Gasteiger partial charge in [-0.25, -0.2) is 0 Å².